The lowest BCUT2D eigenvalue weighted by Gasteiger charge is -2.11. The van der Waals surface area contributed by atoms with Crippen LogP contribution in [0.15, 0.2) is 17.8 Å². The predicted octanol–water partition coefficient (Wildman–Crippen LogP) is 1.47. The fourth-order valence-electron chi connectivity index (χ4n) is 2.55. The molecule has 24 heavy (non-hydrogen) atoms. The molecule has 3 aromatic rings. The summed E-state index contributed by atoms with van der Waals surface area (Å²) >= 11 is 1.37. The molecule has 0 aromatic carbocycles. The molecule has 0 radical (unpaired) electrons. The molecule has 2 amide bonds. The highest BCUT2D eigenvalue weighted by atomic mass is 32.1. The van der Waals surface area contributed by atoms with Crippen LogP contribution in [0.4, 0.5) is 5.13 Å². The number of thiazole rings is 1. The van der Waals surface area contributed by atoms with Gasteiger partial charge in [0.25, 0.3) is 5.91 Å². The molecule has 3 heterocycles. The molecule has 8 nitrogen and oxygen atoms in total. The number of rotatable bonds is 5. The molecule has 124 valence electrons. The van der Waals surface area contributed by atoms with Gasteiger partial charge in [-0.25, -0.2) is 14.5 Å². The van der Waals surface area contributed by atoms with E-state index in [9.17, 15) is 9.59 Å². The molecule has 0 saturated carbocycles. The van der Waals surface area contributed by atoms with Gasteiger partial charge < -0.3 is 11.1 Å². The van der Waals surface area contributed by atoms with E-state index in [0.717, 1.165) is 17.0 Å². The number of hydrogen-bond donors (Lipinski definition) is 2. The minimum absolute atomic E-state index is 0.109. The van der Waals surface area contributed by atoms with Gasteiger partial charge in [0.15, 0.2) is 10.8 Å². The average Bonchev–Trinajstić information content (AvgIpc) is 3.16. The largest absolute Gasteiger partial charge is 0.365 e. The van der Waals surface area contributed by atoms with Crippen molar-refractivity contribution in [3.05, 3.63) is 40.3 Å². The molecular formula is C15H16N6O2S. The second-order valence-electron chi connectivity index (χ2n) is 5.30. The lowest BCUT2D eigenvalue weighted by molar-refractivity contribution is -0.116. The topological polar surface area (TPSA) is 115 Å². The maximum absolute atomic E-state index is 12.0. The highest BCUT2D eigenvalue weighted by Crippen LogP contribution is 2.19. The lowest BCUT2D eigenvalue weighted by atomic mass is 10.1. The second kappa shape index (κ2) is 6.36. The van der Waals surface area contributed by atoms with E-state index in [1.165, 1.54) is 17.5 Å². The smallest absolute Gasteiger partial charge is 0.254 e. The molecule has 0 aliphatic carbocycles. The third-order valence-electron chi connectivity index (χ3n) is 3.75. The van der Waals surface area contributed by atoms with Gasteiger partial charge in [0.2, 0.25) is 5.91 Å². The van der Waals surface area contributed by atoms with Crippen LogP contribution in [0.2, 0.25) is 0 Å². The summed E-state index contributed by atoms with van der Waals surface area (Å²) in [6.45, 7) is 3.73. The summed E-state index contributed by atoms with van der Waals surface area (Å²) in [5.41, 5.74) is 8.58. The highest BCUT2D eigenvalue weighted by molar-refractivity contribution is 7.13. The van der Waals surface area contributed by atoms with E-state index in [1.807, 2.05) is 13.8 Å². The number of aromatic nitrogens is 4. The molecule has 0 bridgehead atoms. The number of nitrogens with zero attached hydrogens (tertiary/aromatic N) is 4. The first-order chi connectivity index (χ1) is 11.5. The third-order valence-corrected chi connectivity index (χ3v) is 4.44. The van der Waals surface area contributed by atoms with E-state index in [-0.39, 0.29) is 11.5 Å². The van der Waals surface area contributed by atoms with Crippen molar-refractivity contribution in [1.82, 2.24) is 19.6 Å². The van der Waals surface area contributed by atoms with Gasteiger partial charge in [-0.2, -0.15) is 5.10 Å². The van der Waals surface area contributed by atoms with Gasteiger partial charge in [-0.1, -0.05) is 0 Å². The number of nitrogens with one attached hydrogen (secondary N) is 1. The normalized spacial score (nSPS) is 10.9. The Hall–Kier alpha value is -2.81. The van der Waals surface area contributed by atoms with Crippen LogP contribution in [0.25, 0.3) is 5.65 Å². The lowest BCUT2D eigenvalue weighted by Crippen LogP contribution is -2.15. The summed E-state index contributed by atoms with van der Waals surface area (Å²) in [4.78, 5) is 31.9. The van der Waals surface area contributed by atoms with Crippen molar-refractivity contribution in [2.75, 3.05) is 5.32 Å². The van der Waals surface area contributed by atoms with Crippen molar-refractivity contribution in [1.29, 1.82) is 0 Å². The number of anilines is 1. The summed E-state index contributed by atoms with van der Waals surface area (Å²) in [6.07, 6.45) is 3.87. The van der Waals surface area contributed by atoms with Crippen molar-refractivity contribution in [2.45, 2.75) is 26.7 Å². The van der Waals surface area contributed by atoms with Crippen LogP contribution < -0.4 is 11.1 Å². The quantitative estimate of drug-likeness (QED) is 0.727. The maximum atomic E-state index is 12.0. The first kappa shape index (κ1) is 16.1. The molecule has 3 aromatic heterocycles. The molecule has 0 unspecified atom stereocenters. The number of hydrogen-bond acceptors (Lipinski definition) is 6. The zero-order valence-electron chi connectivity index (χ0n) is 13.2. The van der Waals surface area contributed by atoms with E-state index in [1.54, 1.807) is 16.1 Å². The fourth-order valence-corrected chi connectivity index (χ4v) is 3.10. The van der Waals surface area contributed by atoms with Crippen LogP contribution in [0.1, 0.15) is 33.7 Å². The SMILES string of the molecule is Cc1nc2c(C(N)=O)cnn2c(C)c1CCC(=O)Nc1nccs1. The monoisotopic (exact) mass is 344 g/mol. The second-order valence-corrected chi connectivity index (χ2v) is 6.20. The van der Waals surface area contributed by atoms with Gasteiger partial charge in [0.1, 0.15) is 5.56 Å². The number of carbonyl (C=O) groups is 2. The van der Waals surface area contributed by atoms with E-state index in [4.69, 9.17) is 5.73 Å². The molecule has 0 fully saturated rings. The number of nitrogens with two attached hydrogens (primary N) is 1. The zero-order chi connectivity index (χ0) is 17.3. The van der Waals surface area contributed by atoms with Crippen LogP contribution >= 0.6 is 11.3 Å². The predicted molar refractivity (Wildman–Crippen MR) is 90.0 cm³/mol. The van der Waals surface area contributed by atoms with E-state index in [0.29, 0.717) is 23.6 Å². The standard InChI is InChI=1S/C15H16N6O2S/c1-8-10(3-4-12(22)20-15-17-5-6-24-15)9(2)21-14(19-8)11(7-18-21)13(16)23/h5-7H,3-4H2,1-2H3,(H2,16,23)(H,17,20,22). The summed E-state index contributed by atoms with van der Waals surface area (Å²) in [5.74, 6) is -0.672. The molecular weight excluding hydrogens is 328 g/mol. The minimum Gasteiger partial charge on any atom is -0.365 e. The zero-order valence-corrected chi connectivity index (χ0v) is 14.1. The van der Waals surface area contributed by atoms with Gasteiger partial charge in [-0.15, -0.1) is 11.3 Å². The molecule has 0 atom stereocenters. The minimum atomic E-state index is -0.563. The Morgan fingerprint density at radius 1 is 1.38 bits per heavy atom. The van der Waals surface area contributed by atoms with Gasteiger partial charge in [0.05, 0.1) is 6.20 Å². The number of carbonyl (C=O) groups excluding carboxylic acids is 2. The Balaban J connectivity index is 1.82. The Morgan fingerprint density at radius 2 is 2.17 bits per heavy atom. The van der Waals surface area contributed by atoms with Crippen LogP contribution in [0.3, 0.4) is 0 Å². The Bertz CT molecular complexity index is 916. The number of amides is 2. The summed E-state index contributed by atoms with van der Waals surface area (Å²) in [5, 5.41) is 9.31. The maximum Gasteiger partial charge on any atom is 0.254 e. The number of aryl methyl sites for hydroxylation is 2. The third kappa shape index (κ3) is 2.98. The first-order valence-corrected chi connectivity index (χ1v) is 8.18. The van der Waals surface area contributed by atoms with Crippen molar-refractivity contribution >= 4 is 33.9 Å². The Morgan fingerprint density at radius 3 is 2.83 bits per heavy atom. The molecule has 3 rings (SSSR count). The molecule has 0 aliphatic rings. The van der Waals surface area contributed by atoms with Gasteiger partial charge in [-0.05, 0) is 25.8 Å². The molecule has 0 aliphatic heterocycles. The van der Waals surface area contributed by atoms with Crippen LogP contribution in [-0.4, -0.2) is 31.4 Å². The van der Waals surface area contributed by atoms with E-state index < -0.39 is 5.91 Å². The highest BCUT2D eigenvalue weighted by Gasteiger charge is 2.17. The molecule has 0 saturated heterocycles. The summed E-state index contributed by atoms with van der Waals surface area (Å²) < 4.78 is 1.58. The summed E-state index contributed by atoms with van der Waals surface area (Å²) in [6, 6.07) is 0. The average molecular weight is 344 g/mol. The van der Waals surface area contributed by atoms with Crippen molar-refractivity contribution in [3.63, 3.8) is 0 Å². The fraction of sp³-hybridized carbons (Fsp3) is 0.267. The van der Waals surface area contributed by atoms with Gasteiger partial charge >= 0.3 is 0 Å². The van der Waals surface area contributed by atoms with Crippen molar-refractivity contribution in [3.8, 4) is 0 Å². The Labute approximate surface area is 141 Å². The van der Waals surface area contributed by atoms with E-state index >= 15 is 0 Å². The van der Waals surface area contributed by atoms with Gasteiger partial charge in [0, 0.05) is 29.4 Å². The van der Waals surface area contributed by atoms with Crippen LogP contribution in [0.5, 0.6) is 0 Å². The molecule has 3 N–H and O–H groups in total. The van der Waals surface area contributed by atoms with E-state index in [2.05, 4.69) is 20.4 Å². The Kier molecular flexibility index (Phi) is 4.26. The van der Waals surface area contributed by atoms with Crippen molar-refractivity contribution < 1.29 is 9.59 Å². The van der Waals surface area contributed by atoms with Crippen LogP contribution in [-0.2, 0) is 11.2 Å². The number of primary amides is 1. The van der Waals surface area contributed by atoms with Crippen molar-refractivity contribution in [2.24, 2.45) is 5.73 Å². The number of fused-ring (bicyclic) bond motifs is 1. The van der Waals surface area contributed by atoms with Gasteiger partial charge in [-0.3, -0.25) is 9.59 Å². The molecule has 0 spiro atoms. The first-order valence-electron chi connectivity index (χ1n) is 7.30. The van der Waals surface area contributed by atoms with Crippen LogP contribution in [0, 0.1) is 13.8 Å². The molecule has 9 heteroatoms. The summed E-state index contributed by atoms with van der Waals surface area (Å²) in [7, 11) is 0.